The van der Waals surface area contributed by atoms with Crippen molar-refractivity contribution in [2.75, 3.05) is 11.9 Å². The van der Waals surface area contributed by atoms with E-state index in [4.69, 9.17) is 0 Å². The van der Waals surface area contributed by atoms with Crippen molar-refractivity contribution in [3.05, 3.63) is 59.7 Å². The Morgan fingerprint density at radius 3 is 2.52 bits per heavy atom. The fourth-order valence-electron chi connectivity index (χ4n) is 2.06. The summed E-state index contributed by atoms with van der Waals surface area (Å²) in [5, 5.41) is 13.5. The van der Waals surface area contributed by atoms with Gasteiger partial charge in [-0.05, 0) is 24.3 Å². The molecule has 1 atom stereocenters. The Hall–Kier alpha value is -2.05. The Morgan fingerprint density at radius 2 is 1.81 bits per heavy atom. The van der Waals surface area contributed by atoms with Crippen LogP contribution in [-0.4, -0.2) is 16.6 Å². The molecule has 0 bridgehead atoms. The number of aromatic nitrogens is 1. The van der Waals surface area contributed by atoms with Crippen LogP contribution in [-0.2, 0) is 0 Å². The van der Waals surface area contributed by atoms with Gasteiger partial charge < -0.3 is 10.4 Å². The molecule has 3 nitrogen and oxygen atoms in total. The summed E-state index contributed by atoms with van der Waals surface area (Å²) in [4.78, 5) is 4.33. The lowest BCUT2D eigenvalue weighted by Crippen LogP contribution is -2.14. The number of rotatable bonds is 4. The highest BCUT2D eigenvalue weighted by molar-refractivity contribution is 7.22. The largest absolute Gasteiger partial charge is 0.386 e. The van der Waals surface area contributed by atoms with Crippen LogP contribution in [0.25, 0.3) is 10.2 Å². The average molecular weight is 306 g/mol. The number of hydrogen-bond acceptors (Lipinski definition) is 4. The summed E-state index contributed by atoms with van der Waals surface area (Å²) < 4.78 is 28.1. The summed E-state index contributed by atoms with van der Waals surface area (Å²) in [6, 6.07) is 11.1. The lowest BCUT2D eigenvalue weighted by atomic mass is 10.1. The summed E-state index contributed by atoms with van der Waals surface area (Å²) in [7, 11) is 0. The number of thiazole rings is 1. The normalized spacial score (nSPS) is 12.5. The van der Waals surface area contributed by atoms with E-state index in [0.29, 0.717) is 5.13 Å². The minimum absolute atomic E-state index is 0.0162. The maximum absolute atomic E-state index is 13.6. The molecule has 3 rings (SSSR count). The van der Waals surface area contributed by atoms with Crippen LogP contribution in [0.3, 0.4) is 0 Å². The SMILES string of the molecule is OC(CNc1nc2ccccc2s1)c1c(F)cccc1F. The Labute approximate surface area is 123 Å². The molecule has 0 amide bonds. The molecule has 1 heterocycles. The van der Waals surface area contributed by atoms with Crippen LogP contribution in [0.15, 0.2) is 42.5 Å². The van der Waals surface area contributed by atoms with E-state index in [1.54, 1.807) is 0 Å². The van der Waals surface area contributed by atoms with Crippen molar-refractivity contribution in [3.63, 3.8) is 0 Å². The van der Waals surface area contributed by atoms with Crippen LogP contribution in [0.4, 0.5) is 13.9 Å². The predicted octanol–water partition coefficient (Wildman–Crippen LogP) is 3.72. The molecule has 1 aromatic heterocycles. The summed E-state index contributed by atoms with van der Waals surface area (Å²) in [5.41, 5.74) is 0.516. The van der Waals surface area contributed by atoms with Gasteiger partial charge in [0.1, 0.15) is 17.7 Å². The van der Waals surface area contributed by atoms with Gasteiger partial charge in [-0.1, -0.05) is 29.5 Å². The Kier molecular flexibility index (Phi) is 3.81. The van der Waals surface area contributed by atoms with E-state index in [0.717, 1.165) is 22.3 Å². The Bertz CT molecular complexity index is 722. The van der Waals surface area contributed by atoms with Crippen molar-refractivity contribution in [1.82, 2.24) is 4.98 Å². The highest BCUT2D eigenvalue weighted by Crippen LogP contribution is 2.27. The summed E-state index contributed by atoms with van der Waals surface area (Å²) >= 11 is 1.42. The Balaban J connectivity index is 1.75. The highest BCUT2D eigenvalue weighted by Gasteiger charge is 2.17. The van der Waals surface area contributed by atoms with Gasteiger partial charge in [0.05, 0.1) is 15.8 Å². The number of para-hydroxylation sites is 1. The number of aliphatic hydroxyl groups excluding tert-OH is 1. The van der Waals surface area contributed by atoms with Crippen LogP contribution >= 0.6 is 11.3 Å². The topological polar surface area (TPSA) is 45.1 Å². The molecule has 0 saturated heterocycles. The van der Waals surface area contributed by atoms with Gasteiger partial charge in [0.25, 0.3) is 0 Å². The molecular weight excluding hydrogens is 294 g/mol. The molecule has 2 N–H and O–H groups in total. The van der Waals surface area contributed by atoms with Crippen molar-refractivity contribution >= 4 is 26.7 Å². The van der Waals surface area contributed by atoms with E-state index in [1.807, 2.05) is 24.3 Å². The molecule has 0 saturated carbocycles. The fourth-order valence-corrected chi connectivity index (χ4v) is 2.94. The summed E-state index contributed by atoms with van der Waals surface area (Å²) in [5.74, 6) is -1.51. The third-order valence-corrected chi connectivity index (χ3v) is 4.07. The molecule has 0 radical (unpaired) electrons. The monoisotopic (exact) mass is 306 g/mol. The van der Waals surface area contributed by atoms with Gasteiger partial charge in [0, 0.05) is 6.54 Å². The smallest absolute Gasteiger partial charge is 0.183 e. The minimum atomic E-state index is -1.28. The maximum atomic E-state index is 13.6. The molecule has 1 unspecified atom stereocenters. The minimum Gasteiger partial charge on any atom is -0.386 e. The van der Waals surface area contributed by atoms with Gasteiger partial charge in [0.2, 0.25) is 0 Å². The van der Waals surface area contributed by atoms with E-state index < -0.39 is 17.7 Å². The number of fused-ring (bicyclic) bond motifs is 1. The number of nitrogens with one attached hydrogen (secondary N) is 1. The first kappa shape index (κ1) is 13.9. The Morgan fingerprint density at radius 1 is 1.10 bits per heavy atom. The third-order valence-electron chi connectivity index (χ3n) is 3.07. The first-order chi connectivity index (χ1) is 10.1. The molecule has 2 aromatic carbocycles. The van der Waals surface area contributed by atoms with Crippen LogP contribution in [0.1, 0.15) is 11.7 Å². The van der Waals surface area contributed by atoms with Crippen molar-refractivity contribution in [2.24, 2.45) is 0 Å². The van der Waals surface area contributed by atoms with E-state index in [1.165, 1.54) is 17.4 Å². The van der Waals surface area contributed by atoms with Crippen LogP contribution in [0.5, 0.6) is 0 Å². The van der Waals surface area contributed by atoms with Crippen molar-refractivity contribution in [1.29, 1.82) is 0 Å². The molecule has 108 valence electrons. The van der Waals surface area contributed by atoms with Gasteiger partial charge in [-0.2, -0.15) is 0 Å². The molecule has 0 aliphatic heterocycles. The van der Waals surface area contributed by atoms with Crippen molar-refractivity contribution < 1.29 is 13.9 Å². The highest BCUT2D eigenvalue weighted by atomic mass is 32.1. The first-order valence-electron chi connectivity index (χ1n) is 6.36. The summed E-state index contributed by atoms with van der Waals surface area (Å²) in [6.07, 6.45) is -1.28. The van der Waals surface area contributed by atoms with Gasteiger partial charge in [-0.15, -0.1) is 0 Å². The lowest BCUT2D eigenvalue weighted by Gasteiger charge is -2.13. The van der Waals surface area contributed by atoms with E-state index in [9.17, 15) is 13.9 Å². The van der Waals surface area contributed by atoms with Crippen LogP contribution in [0.2, 0.25) is 0 Å². The maximum Gasteiger partial charge on any atom is 0.183 e. The van der Waals surface area contributed by atoms with Crippen molar-refractivity contribution in [3.8, 4) is 0 Å². The van der Waals surface area contributed by atoms with Crippen LogP contribution in [0, 0.1) is 11.6 Å². The number of anilines is 1. The summed E-state index contributed by atoms with van der Waals surface area (Å²) in [6.45, 7) is -0.0162. The average Bonchev–Trinajstić information content (AvgIpc) is 2.87. The lowest BCUT2D eigenvalue weighted by molar-refractivity contribution is 0.181. The van der Waals surface area contributed by atoms with E-state index >= 15 is 0 Å². The molecule has 0 aliphatic rings. The third kappa shape index (κ3) is 2.86. The predicted molar refractivity (Wildman–Crippen MR) is 79.4 cm³/mol. The second-order valence-electron chi connectivity index (χ2n) is 4.52. The van der Waals surface area contributed by atoms with Crippen molar-refractivity contribution in [2.45, 2.75) is 6.10 Å². The molecule has 0 spiro atoms. The first-order valence-corrected chi connectivity index (χ1v) is 7.18. The molecule has 6 heteroatoms. The van der Waals surface area contributed by atoms with Crippen LogP contribution < -0.4 is 5.32 Å². The second-order valence-corrected chi connectivity index (χ2v) is 5.55. The zero-order valence-electron chi connectivity index (χ0n) is 10.9. The molecular formula is C15H12F2N2OS. The van der Waals surface area contributed by atoms with Gasteiger partial charge in [-0.3, -0.25) is 0 Å². The zero-order valence-corrected chi connectivity index (χ0v) is 11.7. The molecule has 0 aliphatic carbocycles. The number of halogens is 2. The fraction of sp³-hybridized carbons (Fsp3) is 0.133. The standard InChI is InChI=1S/C15H12F2N2OS/c16-9-4-3-5-10(17)14(9)12(20)8-18-15-19-11-6-1-2-7-13(11)21-15/h1-7,12,20H,8H2,(H,18,19). The van der Waals surface area contributed by atoms with E-state index in [-0.39, 0.29) is 12.1 Å². The van der Waals surface area contributed by atoms with Gasteiger partial charge >= 0.3 is 0 Å². The quantitative estimate of drug-likeness (QED) is 0.772. The van der Waals surface area contributed by atoms with Gasteiger partial charge in [-0.25, -0.2) is 13.8 Å². The van der Waals surface area contributed by atoms with Gasteiger partial charge in [0.15, 0.2) is 5.13 Å². The number of hydrogen-bond donors (Lipinski definition) is 2. The number of aliphatic hydroxyl groups is 1. The molecule has 3 aromatic rings. The molecule has 21 heavy (non-hydrogen) atoms. The second kappa shape index (κ2) is 5.75. The van der Waals surface area contributed by atoms with E-state index in [2.05, 4.69) is 10.3 Å². The number of benzene rings is 2. The number of nitrogens with zero attached hydrogens (tertiary/aromatic N) is 1. The molecule has 0 fully saturated rings. The zero-order chi connectivity index (χ0) is 14.8.